The Morgan fingerprint density at radius 1 is 1.28 bits per heavy atom. The predicted molar refractivity (Wildman–Crippen MR) is 67.7 cm³/mol. The number of oxazole rings is 1. The zero-order valence-corrected chi connectivity index (χ0v) is 10.6. The molecule has 0 aliphatic rings. The lowest BCUT2D eigenvalue weighted by Crippen LogP contribution is -2.01. The molecule has 18 heavy (non-hydrogen) atoms. The topological polar surface area (TPSA) is 63.3 Å². The number of aromatic nitrogens is 1. The Labute approximate surface area is 105 Å². The number of aromatic carboxylic acids is 1. The molecule has 0 spiro atoms. The number of hydrogen-bond donors (Lipinski definition) is 1. The Morgan fingerprint density at radius 2 is 1.89 bits per heavy atom. The quantitative estimate of drug-likeness (QED) is 0.899. The molecule has 0 amide bonds. The molecule has 1 aromatic heterocycles. The molecule has 2 rings (SSSR count). The van der Waals surface area contributed by atoms with Gasteiger partial charge in [0.1, 0.15) is 0 Å². The van der Waals surface area contributed by atoms with Crippen molar-refractivity contribution in [2.75, 3.05) is 0 Å². The Bertz CT molecular complexity index is 567. The molecule has 2 aromatic rings. The van der Waals surface area contributed by atoms with Gasteiger partial charge < -0.3 is 9.52 Å². The normalized spacial score (nSPS) is 10.9. The number of rotatable bonds is 3. The molecule has 4 nitrogen and oxygen atoms in total. The van der Waals surface area contributed by atoms with Gasteiger partial charge in [0.2, 0.25) is 11.7 Å². The van der Waals surface area contributed by atoms with Crippen molar-refractivity contribution in [2.45, 2.75) is 26.7 Å². The van der Waals surface area contributed by atoms with Crippen LogP contribution in [0.3, 0.4) is 0 Å². The van der Waals surface area contributed by atoms with Crippen LogP contribution in [0.5, 0.6) is 0 Å². The van der Waals surface area contributed by atoms with Crippen LogP contribution in [0.4, 0.5) is 0 Å². The highest BCUT2D eigenvalue weighted by Crippen LogP contribution is 2.26. The van der Waals surface area contributed by atoms with Gasteiger partial charge in [0, 0.05) is 5.56 Å². The second-order valence-corrected chi connectivity index (χ2v) is 4.56. The SMILES string of the molecule is Cc1ccc(-c2nc(C(C)C)c(C(=O)O)o2)cc1. The molecule has 0 radical (unpaired) electrons. The Kier molecular flexibility index (Phi) is 3.19. The van der Waals surface area contributed by atoms with Gasteiger partial charge in [-0.05, 0) is 25.0 Å². The van der Waals surface area contributed by atoms with E-state index in [0.29, 0.717) is 11.6 Å². The molecule has 0 bridgehead atoms. The lowest BCUT2D eigenvalue weighted by atomic mass is 10.1. The first-order chi connectivity index (χ1) is 8.49. The second kappa shape index (κ2) is 4.64. The van der Waals surface area contributed by atoms with Crippen molar-refractivity contribution in [3.05, 3.63) is 41.3 Å². The van der Waals surface area contributed by atoms with Gasteiger partial charge in [0.25, 0.3) is 0 Å². The van der Waals surface area contributed by atoms with Crippen LogP contribution in [0, 0.1) is 6.92 Å². The first kappa shape index (κ1) is 12.4. The monoisotopic (exact) mass is 245 g/mol. The third-order valence-electron chi connectivity index (χ3n) is 2.69. The molecule has 0 aliphatic carbocycles. The summed E-state index contributed by atoms with van der Waals surface area (Å²) in [7, 11) is 0. The van der Waals surface area contributed by atoms with Crippen LogP contribution in [-0.2, 0) is 0 Å². The fourth-order valence-electron chi connectivity index (χ4n) is 1.70. The molecule has 0 atom stereocenters. The molecule has 0 unspecified atom stereocenters. The average Bonchev–Trinajstić information content (AvgIpc) is 2.75. The number of carboxylic acid groups (broad SMARTS) is 1. The minimum absolute atomic E-state index is 0.0130. The van der Waals surface area contributed by atoms with E-state index in [1.807, 2.05) is 45.0 Å². The van der Waals surface area contributed by atoms with Crippen molar-refractivity contribution in [3.8, 4) is 11.5 Å². The third kappa shape index (κ3) is 2.27. The summed E-state index contributed by atoms with van der Waals surface area (Å²) in [6.45, 7) is 5.77. The highest BCUT2D eigenvalue weighted by atomic mass is 16.4. The van der Waals surface area contributed by atoms with Crippen molar-refractivity contribution in [1.29, 1.82) is 0 Å². The van der Waals surface area contributed by atoms with Crippen LogP contribution in [0.2, 0.25) is 0 Å². The highest BCUT2D eigenvalue weighted by molar-refractivity contribution is 5.86. The number of carbonyl (C=O) groups is 1. The zero-order valence-electron chi connectivity index (χ0n) is 10.6. The van der Waals surface area contributed by atoms with Crippen LogP contribution in [-0.4, -0.2) is 16.1 Å². The first-order valence-corrected chi connectivity index (χ1v) is 5.80. The van der Waals surface area contributed by atoms with E-state index in [1.54, 1.807) is 0 Å². The minimum Gasteiger partial charge on any atom is -0.475 e. The summed E-state index contributed by atoms with van der Waals surface area (Å²) in [5.41, 5.74) is 2.40. The minimum atomic E-state index is -1.08. The summed E-state index contributed by atoms with van der Waals surface area (Å²) >= 11 is 0. The summed E-state index contributed by atoms with van der Waals surface area (Å²) in [6.07, 6.45) is 0. The Morgan fingerprint density at radius 3 is 2.33 bits per heavy atom. The maximum absolute atomic E-state index is 11.1. The van der Waals surface area contributed by atoms with Crippen molar-refractivity contribution in [1.82, 2.24) is 4.98 Å². The van der Waals surface area contributed by atoms with Crippen LogP contribution < -0.4 is 0 Å². The van der Waals surface area contributed by atoms with E-state index >= 15 is 0 Å². The Hall–Kier alpha value is -2.10. The van der Waals surface area contributed by atoms with Crippen LogP contribution in [0.25, 0.3) is 11.5 Å². The molecule has 94 valence electrons. The molecule has 1 aromatic carbocycles. The van der Waals surface area contributed by atoms with E-state index in [0.717, 1.165) is 11.1 Å². The molecule has 4 heteroatoms. The summed E-state index contributed by atoms with van der Waals surface area (Å²) < 4.78 is 5.35. The lowest BCUT2D eigenvalue weighted by Gasteiger charge is -1.98. The number of carboxylic acids is 1. The van der Waals surface area contributed by atoms with Crippen LogP contribution in [0.1, 0.15) is 41.6 Å². The summed E-state index contributed by atoms with van der Waals surface area (Å²) in [6, 6.07) is 7.62. The zero-order chi connectivity index (χ0) is 13.3. The first-order valence-electron chi connectivity index (χ1n) is 5.80. The van der Waals surface area contributed by atoms with Gasteiger partial charge in [-0.3, -0.25) is 0 Å². The molecule has 0 aliphatic heterocycles. The smallest absolute Gasteiger partial charge is 0.373 e. The summed E-state index contributed by atoms with van der Waals surface area (Å²) in [4.78, 5) is 15.4. The molecule has 1 N–H and O–H groups in total. The average molecular weight is 245 g/mol. The molecule has 0 saturated heterocycles. The largest absolute Gasteiger partial charge is 0.475 e. The van der Waals surface area contributed by atoms with Crippen LogP contribution in [0.15, 0.2) is 28.7 Å². The number of nitrogens with zero attached hydrogens (tertiary/aromatic N) is 1. The van der Waals surface area contributed by atoms with Gasteiger partial charge in [-0.15, -0.1) is 0 Å². The third-order valence-corrected chi connectivity index (χ3v) is 2.69. The number of benzene rings is 1. The second-order valence-electron chi connectivity index (χ2n) is 4.56. The van der Waals surface area contributed by atoms with E-state index in [2.05, 4.69) is 4.98 Å². The van der Waals surface area contributed by atoms with Gasteiger partial charge in [-0.25, -0.2) is 9.78 Å². The van der Waals surface area contributed by atoms with E-state index in [-0.39, 0.29) is 11.7 Å². The molecular formula is C14H15NO3. The van der Waals surface area contributed by atoms with Crippen molar-refractivity contribution in [3.63, 3.8) is 0 Å². The van der Waals surface area contributed by atoms with E-state index < -0.39 is 5.97 Å². The molecule has 1 heterocycles. The highest BCUT2D eigenvalue weighted by Gasteiger charge is 2.22. The fourth-order valence-corrected chi connectivity index (χ4v) is 1.70. The molecule has 0 saturated carbocycles. The lowest BCUT2D eigenvalue weighted by molar-refractivity contribution is 0.0661. The maximum atomic E-state index is 11.1. The van der Waals surface area contributed by atoms with E-state index in [1.165, 1.54) is 0 Å². The van der Waals surface area contributed by atoms with E-state index in [9.17, 15) is 4.79 Å². The van der Waals surface area contributed by atoms with Crippen molar-refractivity contribution < 1.29 is 14.3 Å². The van der Waals surface area contributed by atoms with E-state index in [4.69, 9.17) is 9.52 Å². The number of hydrogen-bond acceptors (Lipinski definition) is 3. The Balaban J connectivity index is 2.49. The van der Waals surface area contributed by atoms with Gasteiger partial charge in [0.15, 0.2) is 0 Å². The van der Waals surface area contributed by atoms with Gasteiger partial charge in [0.05, 0.1) is 5.69 Å². The van der Waals surface area contributed by atoms with Gasteiger partial charge in [-0.1, -0.05) is 31.5 Å². The standard InChI is InChI=1S/C14H15NO3/c1-8(2)11-12(14(16)17)18-13(15-11)10-6-4-9(3)5-7-10/h4-8H,1-3H3,(H,16,17). The van der Waals surface area contributed by atoms with Gasteiger partial charge >= 0.3 is 5.97 Å². The van der Waals surface area contributed by atoms with Crippen LogP contribution >= 0.6 is 0 Å². The predicted octanol–water partition coefficient (Wildman–Crippen LogP) is 3.47. The number of aryl methyl sites for hydroxylation is 1. The van der Waals surface area contributed by atoms with Gasteiger partial charge in [-0.2, -0.15) is 0 Å². The molecule has 0 fully saturated rings. The maximum Gasteiger partial charge on any atom is 0.373 e. The molecular weight excluding hydrogens is 230 g/mol. The summed E-state index contributed by atoms with van der Waals surface area (Å²) in [5, 5.41) is 9.09. The summed E-state index contributed by atoms with van der Waals surface area (Å²) in [5.74, 6) is -0.778. The van der Waals surface area contributed by atoms with Crippen molar-refractivity contribution in [2.24, 2.45) is 0 Å². The fraction of sp³-hybridized carbons (Fsp3) is 0.286. The van der Waals surface area contributed by atoms with Crippen molar-refractivity contribution >= 4 is 5.97 Å².